The summed E-state index contributed by atoms with van der Waals surface area (Å²) in [4.78, 5) is 35.4. The molecule has 0 spiro atoms. The lowest BCUT2D eigenvalue weighted by atomic mass is 9.82. The highest BCUT2D eigenvalue weighted by atomic mass is 16.4. The zero-order chi connectivity index (χ0) is 17.5. The highest BCUT2D eigenvalue weighted by Crippen LogP contribution is 2.27. The molecule has 0 saturated heterocycles. The van der Waals surface area contributed by atoms with Crippen molar-refractivity contribution in [2.75, 3.05) is 10.6 Å². The predicted octanol–water partition coefficient (Wildman–Crippen LogP) is 3.03. The third-order valence-electron chi connectivity index (χ3n) is 3.98. The molecule has 3 N–H and O–H groups in total. The van der Waals surface area contributed by atoms with Gasteiger partial charge in [-0.25, -0.2) is 0 Å². The first kappa shape index (κ1) is 17.7. The molecule has 1 aliphatic rings. The van der Waals surface area contributed by atoms with Crippen molar-refractivity contribution < 1.29 is 19.5 Å². The highest BCUT2D eigenvalue weighted by Gasteiger charge is 2.33. The Morgan fingerprint density at radius 2 is 1.71 bits per heavy atom. The number of benzene rings is 1. The molecule has 0 heterocycles. The summed E-state index contributed by atoms with van der Waals surface area (Å²) in [5.74, 6) is -2.65. The summed E-state index contributed by atoms with van der Waals surface area (Å²) in [5, 5.41) is 14.8. The maximum atomic E-state index is 12.4. The fourth-order valence-electron chi connectivity index (χ4n) is 2.74. The number of amides is 2. The molecule has 0 radical (unpaired) electrons. The molecule has 0 aliphatic heterocycles. The summed E-state index contributed by atoms with van der Waals surface area (Å²) in [6, 6.07) is 6.85. The number of carboxylic acid groups (broad SMARTS) is 1. The van der Waals surface area contributed by atoms with Crippen LogP contribution in [-0.4, -0.2) is 22.9 Å². The molecule has 6 nitrogen and oxygen atoms in total. The van der Waals surface area contributed by atoms with Gasteiger partial charge in [0.2, 0.25) is 11.8 Å². The average Bonchev–Trinajstić information content (AvgIpc) is 2.55. The number of hydrogen-bond donors (Lipinski definition) is 3. The van der Waals surface area contributed by atoms with E-state index in [4.69, 9.17) is 0 Å². The molecular formula is C18H22N2O4. The molecule has 2 unspecified atom stereocenters. The number of carboxylic acids is 1. The molecule has 2 atom stereocenters. The molecule has 0 aromatic heterocycles. The second-order valence-corrected chi connectivity index (χ2v) is 5.86. The Balaban J connectivity index is 2.04. The number of rotatable bonds is 6. The Morgan fingerprint density at radius 3 is 2.33 bits per heavy atom. The number of anilines is 2. The minimum absolute atomic E-state index is 0.0793. The highest BCUT2D eigenvalue weighted by molar-refractivity contribution is 5.96. The van der Waals surface area contributed by atoms with E-state index in [1.807, 2.05) is 13.0 Å². The summed E-state index contributed by atoms with van der Waals surface area (Å²) in [6.07, 6.45) is 5.60. The Kier molecular flexibility index (Phi) is 6.12. The second-order valence-electron chi connectivity index (χ2n) is 5.86. The molecule has 0 fully saturated rings. The van der Waals surface area contributed by atoms with E-state index < -0.39 is 17.8 Å². The van der Waals surface area contributed by atoms with Crippen LogP contribution in [0.2, 0.25) is 0 Å². The maximum Gasteiger partial charge on any atom is 0.307 e. The fourth-order valence-corrected chi connectivity index (χ4v) is 2.74. The van der Waals surface area contributed by atoms with Crippen molar-refractivity contribution >= 4 is 29.2 Å². The first-order valence-electron chi connectivity index (χ1n) is 8.10. The van der Waals surface area contributed by atoms with Crippen LogP contribution in [0.1, 0.15) is 32.6 Å². The third-order valence-corrected chi connectivity index (χ3v) is 3.98. The summed E-state index contributed by atoms with van der Waals surface area (Å²) in [7, 11) is 0. The first-order chi connectivity index (χ1) is 11.5. The van der Waals surface area contributed by atoms with Gasteiger partial charge in [0, 0.05) is 17.8 Å². The molecule has 0 saturated carbocycles. The lowest BCUT2D eigenvalue weighted by Crippen LogP contribution is -2.34. The number of hydrogen-bond acceptors (Lipinski definition) is 3. The molecule has 1 aliphatic carbocycles. The molecule has 1 aromatic rings. The van der Waals surface area contributed by atoms with Crippen molar-refractivity contribution in [3.8, 4) is 0 Å². The fraction of sp³-hybridized carbons (Fsp3) is 0.389. The van der Waals surface area contributed by atoms with Crippen LogP contribution in [0.4, 0.5) is 11.4 Å². The van der Waals surface area contributed by atoms with Gasteiger partial charge in [0.25, 0.3) is 0 Å². The molecule has 2 rings (SSSR count). The monoisotopic (exact) mass is 330 g/mol. The summed E-state index contributed by atoms with van der Waals surface area (Å²) in [6.45, 7) is 1.92. The number of carbonyl (C=O) groups is 3. The van der Waals surface area contributed by atoms with Gasteiger partial charge < -0.3 is 15.7 Å². The maximum absolute atomic E-state index is 12.4. The van der Waals surface area contributed by atoms with E-state index >= 15 is 0 Å². The number of nitrogens with one attached hydrogen (secondary N) is 2. The van der Waals surface area contributed by atoms with E-state index in [1.54, 1.807) is 30.3 Å². The van der Waals surface area contributed by atoms with Crippen molar-refractivity contribution in [1.29, 1.82) is 0 Å². The summed E-state index contributed by atoms with van der Waals surface area (Å²) >= 11 is 0. The summed E-state index contributed by atoms with van der Waals surface area (Å²) < 4.78 is 0. The van der Waals surface area contributed by atoms with Gasteiger partial charge in [0.15, 0.2) is 0 Å². The zero-order valence-electron chi connectivity index (χ0n) is 13.6. The minimum Gasteiger partial charge on any atom is -0.481 e. The van der Waals surface area contributed by atoms with Crippen LogP contribution in [0.5, 0.6) is 0 Å². The topological polar surface area (TPSA) is 95.5 Å². The number of allylic oxidation sites excluding steroid dienone is 2. The van der Waals surface area contributed by atoms with Crippen molar-refractivity contribution in [1.82, 2.24) is 0 Å². The van der Waals surface area contributed by atoms with Gasteiger partial charge in [-0.3, -0.25) is 14.4 Å². The van der Waals surface area contributed by atoms with Crippen LogP contribution in [0, 0.1) is 11.8 Å². The average molecular weight is 330 g/mol. The zero-order valence-corrected chi connectivity index (χ0v) is 13.6. The Hall–Kier alpha value is -2.63. The normalized spacial score (nSPS) is 19.5. The Morgan fingerprint density at radius 1 is 1.08 bits per heavy atom. The van der Waals surface area contributed by atoms with Gasteiger partial charge in [0.1, 0.15) is 0 Å². The van der Waals surface area contributed by atoms with Crippen LogP contribution in [-0.2, 0) is 14.4 Å². The van der Waals surface area contributed by atoms with Crippen molar-refractivity contribution in [2.45, 2.75) is 32.6 Å². The van der Waals surface area contributed by atoms with E-state index in [0.29, 0.717) is 30.6 Å². The SMILES string of the molecule is CCCC(=O)Nc1cccc(NC(=O)C2CC=CCC2C(=O)O)c1. The van der Waals surface area contributed by atoms with E-state index in [1.165, 1.54) is 0 Å². The van der Waals surface area contributed by atoms with Crippen LogP contribution in [0.25, 0.3) is 0 Å². The van der Waals surface area contributed by atoms with Crippen molar-refractivity contribution in [3.63, 3.8) is 0 Å². The van der Waals surface area contributed by atoms with Crippen LogP contribution >= 0.6 is 0 Å². The molecule has 0 bridgehead atoms. The van der Waals surface area contributed by atoms with Crippen molar-refractivity contribution in [3.05, 3.63) is 36.4 Å². The second kappa shape index (κ2) is 8.29. The van der Waals surface area contributed by atoms with E-state index in [2.05, 4.69) is 10.6 Å². The quantitative estimate of drug-likeness (QED) is 0.699. The van der Waals surface area contributed by atoms with Crippen molar-refractivity contribution in [2.24, 2.45) is 11.8 Å². The standard InChI is InChI=1S/C18H22N2O4/c1-2-6-16(21)19-12-7-5-8-13(11-12)20-17(22)14-9-3-4-10-15(14)18(23)24/h3-5,7-8,11,14-15H,2,6,9-10H2,1H3,(H,19,21)(H,20,22)(H,23,24). The molecule has 128 valence electrons. The molecular weight excluding hydrogens is 308 g/mol. The van der Waals surface area contributed by atoms with E-state index in [0.717, 1.165) is 6.42 Å². The van der Waals surface area contributed by atoms with Crippen LogP contribution < -0.4 is 10.6 Å². The van der Waals surface area contributed by atoms with Gasteiger partial charge in [-0.05, 0) is 37.5 Å². The first-order valence-corrected chi connectivity index (χ1v) is 8.10. The predicted molar refractivity (Wildman–Crippen MR) is 91.6 cm³/mol. The Labute approximate surface area is 140 Å². The Bertz CT molecular complexity index is 654. The van der Waals surface area contributed by atoms with E-state index in [9.17, 15) is 19.5 Å². The largest absolute Gasteiger partial charge is 0.481 e. The minimum atomic E-state index is -0.958. The van der Waals surface area contributed by atoms with Gasteiger partial charge in [-0.1, -0.05) is 25.1 Å². The number of carbonyl (C=O) groups excluding carboxylic acids is 2. The molecule has 24 heavy (non-hydrogen) atoms. The molecule has 1 aromatic carbocycles. The smallest absolute Gasteiger partial charge is 0.307 e. The van der Waals surface area contributed by atoms with E-state index in [-0.39, 0.29) is 11.8 Å². The van der Waals surface area contributed by atoms with Gasteiger partial charge in [0.05, 0.1) is 11.8 Å². The van der Waals surface area contributed by atoms with Crippen LogP contribution in [0.3, 0.4) is 0 Å². The third kappa shape index (κ3) is 4.68. The molecule has 6 heteroatoms. The number of aliphatic carboxylic acids is 1. The summed E-state index contributed by atoms with van der Waals surface area (Å²) in [5.41, 5.74) is 1.14. The van der Waals surface area contributed by atoms with Crippen LogP contribution in [0.15, 0.2) is 36.4 Å². The van der Waals surface area contributed by atoms with Gasteiger partial charge in [-0.15, -0.1) is 0 Å². The lowest BCUT2D eigenvalue weighted by Gasteiger charge is -2.24. The van der Waals surface area contributed by atoms with Gasteiger partial charge >= 0.3 is 5.97 Å². The lowest BCUT2D eigenvalue weighted by molar-refractivity contribution is -0.146. The molecule has 2 amide bonds. The van der Waals surface area contributed by atoms with Gasteiger partial charge in [-0.2, -0.15) is 0 Å².